The molecule has 2 fully saturated rings. The zero-order valence-electron chi connectivity index (χ0n) is 12.2. The lowest BCUT2D eigenvalue weighted by molar-refractivity contribution is 0.0779. The standard InChI is InChI=1S/C16H23N3O/c1-18(2)13-5-3-4-11(8-13)16(20)19-9-12-6-7-15(17)14(12)10-19/h3-5,8,12,14-15H,6-7,9-10,17H2,1-2H3. The van der Waals surface area contributed by atoms with Crippen LogP contribution in [0.15, 0.2) is 24.3 Å². The summed E-state index contributed by atoms with van der Waals surface area (Å²) in [5.74, 6) is 1.28. The number of rotatable bonds is 2. The minimum atomic E-state index is 0.148. The molecular weight excluding hydrogens is 250 g/mol. The summed E-state index contributed by atoms with van der Waals surface area (Å²) >= 11 is 0. The van der Waals surface area contributed by atoms with Gasteiger partial charge in [0, 0.05) is 44.5 Å². The molecule has 1 heterocycles. The number of benzene rings is 1. The highest BCUT2D eigenvalue weighted by Gasteiger charge is 2.42. The van der Waals surface area contributed by atoms with Gasteiger partial charge >= 0.3 is 0 Å². The van der Waals surface area contributed by atoms with Gasteiger partial charge in [0.25, 0.3) is 5.91 Å². The van der Waals surface area contributed by atoms with E-state index >= 15 is 0 Å². The van der Waals surface area contributed by atoms with Crippen LogP contribution >= 0.6 is 0 Å². The minimum Gasteiger partial charge on any atom is -0.378 e. The van der Waals surface area contributed by atoms with Crippen LogP contribution in [-0.4, -0.2) is 44.0 Å². The van der Waals surface area contributed by atoms with Crippen molar-refractivity contribution < 1.29 is 4.79 Å². The van der Waals surface area contributed by atoms with Gasteiger partial charge in [-0.2, -0.15) is 0 Å². The predicted molar refractivity (Wildman–Crippen MR) is 80.9 cm³/mol. The van der Waals surface area contributed by atoms with E-state index in [1.165, 1.54) is 6.42 Å². The van der Waals surface area contributed by atoms with Crippen LogP contribution in [0, 0.1) is 11.8 Å². The van der Waals surface area contributed by atoms with E-state index in [0.717, 1.165) is 30.8 Å². The number of fused-ring (bicyclic) bond motifs is 1. The van der Waals surface area contributed by atoms with E-state index in [4.69, 9.17) is 5.73 Å². The molecule has 0 radical (unpaired) electrons. The number of carbonyl (C=O) groups excluding carboxylic acids is 1. The molecule has 3 atom stereocenters. The maximum absolute atomic E-state index is 12.6. The first-order valence-corrected chi connectivity index (χ1v) is 7.38. The monoisotopic (exact) mass is 273 g/mol. The molecule has 1 saturated carbocycles. The van der Waals surface area contributed by atoms with Crippen molar-refractivity contribution in [2.75, 3.05) is 32.1 Å². The zero-order valence-corrected chi connectivity index (χ0v) is 12.2. The molecule has 1 aliphatic carbocycles. The smallest absolute Gasteiger partial charge is 0.253 e. The van der Waals surface area contributed by atoms with Gasteiger partial charge in [-0.15, -0.1) is 0 Å². The third-order valence-corrected chi connectivity index (χ3v) is 4.81. The predicted octanol–water partition coefficient (Wildman–Crippen LogP) is 1.56. The highest BCUT2D eigenvalue weighted by Crippen LogP contribution is 2.37. The van der Waals surface area contributed by atoms with E-state index in [1.807, 2.05) is 48.2 Å². The summed E-state index contributed by atoms with van der Waals surface area (Å²) in [4.78, 5) is 16.6. The molecule has 0 aromatic heterocycles. The van der Waals surface area contributed by atoms with Crippen LogP contribution in [0.2, 0.25) is 0 Å². The van der Waals surface area contributed by atoms with Crippen molar-refractivity contribution in [3.63, 3.8) is 0 Å². The van der Waals surface area contributed by atoms with E-state index in [9.17, 15) is 4.79 Å². The molecule has 1 saturated heterocycles. The number of hydrogen-bond acceptors (Lipinski definition) is 3. The Morgan fingerprint density at radius 2 is 2.10 bits per heavy atom. The van der Waals surface area contributed by atoms with Gasteiger partial charge in [0.15, 0.2) is 0 Å². The molecule has 3 rings (SSSR count). The third-order valence-electron chi connectivity index (χ3n) is 4.81. The summed E-state index contributed by atoms with van der Waals surface area (Å²) in [5.41, 5.74) is 7.98. The van der Waals surface area contributed by atoms with Crippen molar-refractivity contribution in [3.05, 3.63) is 29.8 Å². The quantitative estimate of drug-likeness (QED) is 0.889. The number of carbonyl (C=O) groups is 1. The van der Waals surface area contributed by atoms with E-state index < -0.39 is 0 Å². The highest BCUT2D eigenvalue weighted by molar-refractivity contribution is 5.95. The fourth-order valence-electron chi connectivity index (χ4n) is 3.57. The summed E-state index contributed by atoms with van der Waals surface area (Å²) in [7, 11) is 3.98. The van der Waals surface area contributed by atoms with Gasteiger partial charge in [-0.05, 0) is 42.9 Å². The van der Waals surface area contributed by atoms with E-state index in [2.05, 4.69) is 0 Å². The first-order valence-electron chi connectivity index (χ1n) is 7.38. The number of amides is 1. The normalized spacial score (nSPS) is 28.6. The van der Waals surface area contributed by atoms with Crippen LogP contribution < -0.4 is 10.6 Å². The maximum Gasteiger partial charge on any atom is 0.253 e. The van der Waals surface area contributed by atoms with Crippen LogP contribution in [0.1, 0.15) is 23.2 Å². The molecule has 2 aliphatic rings. The average molecular weight is 273 g/mol. The van der Waals surface area contributed by atoms with E-state index in [1.54, 1.807) is 0 Å². The number of nitrogens with zero attached hydrogens (tertiary/aromatic N) is 2. The van der Waals surface area contributed by atoms with Gasteiger partial charge in [0.05, 0.1) is 0 Å². The number of nitrogens with two attached hydrogens (primary N) is 1. The molecule has 1 aromatic rings. The third kappa shape index (κ3) is 2.29. The second-order valence-electron chi connectivity index (χ2n) is 6.32. The van der Waals surface area contributed by atoms with Crippen LogP contribution in [0.4, 0.5) is 5.69 Å². The molecule has 4 heteroatoms. The molecule has 0 spiro atoms. The van der Waals surface area contributed by atoms with Gasteiger partial charge in [0.1, 0.15) is 0 Å². The lowest BCUT2D eigenvalue weighted by atomic mass is 9.98. The first-order chi connectivity index (χ1) is 9.56. The molecule has 1 amide bonds. The number of anilines is 1. The Balaban J connectivity index is 1.75. The van der Waals surface area contributed by atoms with Crippen LogP contribution in [-0.2, 0) is 0 Å². The van der Waals surface area contributed by atoms with Crippen molar-refractivity contribution in [1.82, 2.24) is 4.90 Å². The molecule has 1 aliphatic heterocycles. The van der Waals surface area contributed by atoms with Gasteiger partial charge in [-0.25, -0.2) is 0 Å². The fraction of sp³-hybridized carbons (Fsp3) is 0.562. The Morgan fingerprint density at radius 1 is 1.30 bits per heavy atom. The Bertz CT molecular complexity index is 514. The molecule has 2 N–H and O–H groups in total. The molecule has 4 nitrogen and oxygen atoms in total. The summed E-state index contributed by atoms with van der Waals surface area (Å²) < 4.78 is 0. The lowest BCUT2D eigenvalue weighted by Crippen LogP contribution is -2.33. The summed E-state index contributed by atoms with van der Waals surface area (Å²) in [5, 5.41) is 0. The largest absolute Gasteiger partial charge is 0.378 e. The average Bonchev–Trinajstić information content (AvgIpc) is 3.01. The van der Waals surface area contributed by atoms with Crippen LogP contribution in [0.5, 0.6) is 0 Å². The Labute approximate surface area is 120 Å². The Hall–Kier alpha value is -1.55. The highest BCUT2D eigenvalue weighted by atomic mass is 16.2. The molecule has 20 heavy (non-hydrogen) atoms. The van der Waals surface area contributed by atoms with Crippen molar-refractivity contribution in [2.24, 2.45) is 17.6 Å². The second-order valence-corrected chi connectivity index (χ2v) is 6.32. The second kappa shape index (κ2) is 5.09. The minimum absolute atomic E-state index is 0.148. The molecule has 1 aromatic carbocycles. The Kier molecular flexibility index (Phi) is 3.42. The van der Waals surface area contributed by atoms with Gasteiger partial charge in [0.2, 0.25) is 0 Å². The SMILES string of the molecule is CN(C)c1cccc(C(=O)N2CC3CCC(N)C3C2)c1. The first kappa shape index (κ1) is 13.4. The summed E-state index contributed by atoms with van der Waals surface area (Å²) in [6.07, 6.45) is 2.29. The van der Waals surface area contributed by atoms with Crippen LogP contribution in [0.25, 0.3) is 0 Å². The topological polar surface area (TPSA) is 49.6 Å². The Morgan fingerprint density at radius 3 is 2.80 bits per heavy atom. The van der Waals surface area contributed by atoms with Crippen molar-refractivity contribution >= 4 is 11.6 Å². The van der Waals surface area contributed by atoms with Crippen molar-refractivity contribution in [3.8, 4) is 0 Å². The summed E-state index contributed by atoms with van der Waals surface area (Å²) in [6.45, 7) is 1.71. The fourth-order valence-corrected chi connectivity index (χ4v) is 3.57. The molecule has 0 bridgehead atoms. The van der Waals surface area contributed by atoms with Crippen molar-refractivity contribution in [1.29, 1.82) is 0 Å². The van der Waals surface area contributed by atoms with Gasteiger partial charge in [-0.1, -0.05) is 6.07 Å². The number of hydrogen-bond donors (Lipinski definition) is 1. The molecule has 108 valence electrons. The maximum atomic E-state index is 12.6. The lowest BCUT2D eigenvalue weighted by Gasteiger charge is -2.20. The van der Waals surface area contributed by atoms with Crippen molar-refractivity contribution in [2.45, 2.75) is 18.9 Å². The van der Waals surface area contributed by atoms with Gasteiger partial charge in [-0.3, -0.25) is 4.79 Å². The van der Waals surface area contributed by atoms with E-state index in [-0.39, 0.29) is 11.9 Å². The summed E-state index contributed by atoms with van der Waals surface area (Å²) in [6, 6.07) is 8.13. The zero-order chi connectivity index (χ0) is 14.3. The number of likely N-dealkylation sites (tertiary alicyclic amines) is 1. The van der Waals surface area contributed by atoms with Crippen LogP contribution in [0.3, 0.4) is 0 Å². The molecule has 3 unspecified atom stereocenters. The van der Waals surface area contributed by atoms with E-state index in [0.29, 0.717) is 11.8 Å². The van der Waals surface area contributed by atoms with Gasteiger partial charge < -0.3 is 15.5 Å². The molecular formula is C16H23N3O.